The minimum absolute atomic E-state index is 0. The summed E-state index contributed by atoms with van der Waals surface area (Å²) < 4.78 is 0. The summed E-state index contributed by atoms with van der Waals surface area (Å²) in [5, 5.41) is 9.64. The first kappa shape index (κ1) is 22.3. The summed E-state index contributed by atoms with van der Waals surface area (Å²) >= 11 is 0. The second kappa shape index (κ2) is 10.6. The fourth-order valence-corrected chi connectivity index (χ4v) is 3.91. The fraction of sp³-hybridized carbons (Fsp3) is 0.333. The predicted octanol–water partition coefficient (Wildman–Crippen LogP) is 4.50. The number of aryl methyl sites for hydroxylation is 1. The van der Waals surface area contributed by atoms with E-state index in [-0.39, 0.29) is 24.0 Å². The van der Waals surface area contributed by atoms with Crippen molar-refractivity contribution in [3.8, 4) is 0 Å². The topological polar surface area (TPSA) is 52.6 Å². The van der Waals surface area contributed by atoms with E-state index in [4.69, 9.17) is 0 Å². The summed E-state index contributed by atoms with van der Waals surface area (Å²) in [5.41, 5.74) is 2.48. The molecule has 6 heteroatoms. The molecule has 1 aromatic heterocycles. The van der Waals surface area contributed by atoms with Crippen molar-refractivity contribution in [1.82, 2.24) is 15.6 Å². The Morgan fingerprint density at radius 3 is 2.57 bits per heavy atom. The maximum atomic E-state index is 4.56. The first-order valence-corrected chi connectivity index (χ1v) is 10.3. The Morgan fingerprint density at radius 2 is 1.83 bits per heavy atom. The Balaban J connectivity index is 0.00000256. The number of aliphatic imine (C=N–C) groups is 1. The summed E-state index contributed by atoms with van der Waals surface area (Å²) in [5.74, 6) is 1.94. The number of piperidine rings is 1. The van der Waals surface area contributed by atoms with Gasteiger partial charge in [0.25, 0.3) is 0 Å². The average Bonchev–Trinajstić information content (AvgIpc) is 2.77. The molecule has 3 aromatic rings. The number of rotatable bonds is 4. The third-order valence-electron chi connectivity index (χ3n) is 5.61. The molecule has 0 saturated carbocycles. The predicted molar refractivity (Wildman–Crippen MR) is 137 cm³/mol. The molecule has 4 rings (SSSR count). The first-order chi connectivity index (χ1) is 14.2. The van der Waals surface area contributed by atoms with E-state index >= 15 is 0 Å². The summed E-state index contributed by atoms with van der Waals surface area (Å²) in [7, 11) is 1.84. The molecule has 158 valence electrons. The van der Waals surface area contributed by atoms with Crippen LogP contribution in [0.15, 0.2) is 65.8 Å². The van der Waals surface area contributed by atoms with E-state index in [0.29, 0.717) is 6.04 Å². The van der Waals surface area contributed by atoms with E-state index in [1.54, 1.807) is 0 Å². The molecule has 2 N–H and O–H groups in total. The summed E-state index contributed by atoms with van der Waals surface area (Å²) in [6.45, 7) is 4.85. The van der Waals surface area contributed by atoms with E-state index in [0.717, 1.165) is 44.3 Å². The normalized spacial score (nSPS) is 15.0. The monoisotopic (exact) mass is 515 g/mol. The van der Waals surface area contributed by atoms with Gasteiger partial charge in [0, 0.05) is 38.9 Å². The molecule has 1 aliphatic heterocycles. The lowest BCUT2D eigenvalue weighted by molar-refractivity contribution is 0.459. The molecular formula is C24H30IN5. The van der Waals surface area contributed by atoms with Crippen LogP contribution in [0.25, 0.3) is 10.8 Å². The lowest BCUT2D eigenvalue weighted by Crippen LogP contribution is -2.48. The Morgan fingerprint density at radius 1 is 1.07 bits per heavy atom. The van der Waals surface area contributed by atoms with Crippen molar-refractivity contribution >= 4 is 46.5 Å². The highest BCUT2D eigenvalue weighted by Crippen LogP contribution is 2.19. The molecule has 1 saturated heterocycles. The van der Waals surface area contributed by atoms with E-state index in [1.807, 2.05) is 13.2 Å². The summed E-state index contributed by atoms with van der Waals surface area (Å²) in [4.78, 5) is 11.4. The van der Waals surface area contributed by atoms with Crippen LogP contribution in [-0.2, 0) is 6.54 Å². The molecule has 0 radical (unpaired) electrons. The average molecular weight is 515 g/mol. The van der Waals surface area contributed by atoms with Crippen LogP contribution in [0.4, 0.5) is 5.82 Å². The van der Waals surface area contributed by atoms with Crippen LogP contribution < -0.4 is 15.5 Å². The number of guanidine groups is 1. The SMILES string of the molecule is CN=C(NCc1cccc2ccccc12)NC1CCN(c2ccc(C)cn2)CC1.I. The van der Waals surface area contributed by atoms with Crippen LogP contribution in [0.2, 0.25) is 0 Å². The van der Waals surface area contributed by atoms with Crippen molar-refractivity contribution < 1.29 is 0 Å². The second-order valence-electron chi connectivity index (χ2n) is 7.66. The lowest BCUT2D eigenvalue weighted by atomic mass is 10.0. The van der Waals surface area contributed by atoms with Crippen LogP contribution in [0, 0.1) is 6.92 Å². The highest BCUT2D eigenvalue weighted by Gasteiger charge is 2.20. The molecule has 0 amide bonds. The van der Waals surface area contributed by atoms with Gasteiger partial charge in [-0.3, -0.25) is 4.99 Å². The highest BCUT2D eigenvalue weighted by atomic mass is 127. The van der Waals surface area contributed by atoms with Crippen LogP contribution in [-0.4, -0.2) is 37.1 Å². The largest absolute Gasteiger partial charge is 0.356 e. The first-order valence-electron chi connectivity index (χ1n) is 10.3. The van der Waals surface area contributed by atoms with Gasteiger partial charge in [-0.2, -0.15) is 0 Å². The number of hydrogen-bond donors (Lipinski definition) is 2. The van der Waals surface area contributed by atoms with Crippen molar-refractivity contribution in [2.75, 3.05) is 25.0 Å². The number of anilines is 1. The zero-order valence-electron chi connectivity index (χ0n) is 17.6. The molecule has 5 nitrogen and oxygen atoms in total. The van der Waals surface area contributed by atoms with E-state index in [1.165, 1.54) is 21.9 Å². The van der Waals surface area contributed by atoms with E-state index in [2.05, 4.69) is 87.0 Å². The molecule has 2 heterocycles. The molecule has 0 bridgehead atoms. The summed E-state index contributed by atoms with van der Waals surface area (Å²) in [6.07, 6.45) is 4.09. The molecule has 30 heavy (non-hydrogen) atoms. The fourth-order valence-electron chi connectivity index (χ4n) is 3.91. The van der Waals surface area contributed by atoms with Crippen molar-refractivity contribution in [3.05, 3.63) is 71.9 Å². The smallest absolute Gasteiger partial charge is 0.191 e. The number of hydrogen-bond acceptors (Lipinski definition) is 3. The number of pyridine rings is 1. The van der Waals surface area contributed by atoms with Gasteiger partial charge < -0.3 is 15.5 Å². The summed E-state index contributed by atoms with van der Waals surface area (Å²) in [6, 6.07) is 19.6. The quantitative estimate of drug-likeness (QED) is 0.306. The lowest BCUT2D eigenvalue weighted by Gasteiger charge is -2.33. The van der Waals surface area contributed by atoms with E-state index in [9.17, 15) is 0 Å². The van der Waals surface area contributed by atoms with Crippen molar-refractivity contribution in [2.45, 2.75) is 32.4 Å². The zero-order chi connectivity index (χ0) is 20.1. The third kappa shape index (κ3) is 5.41. The maximum absolute atomic E-state index is 4.56. The Bertz CT molecular complexity index is 973. The van der Waals surface area contributed by atoms with Crippen molar-refractivity contribution in [1.29, 1.82) is 0 Å². The van der Waals surface area contributed by atoms with Gasteiger partial charge in [-0.25, -0.2) is 4.98 Å². The number of nitrogens with zero attached hydrogens (tertiary/aromatic N) is 3. The minimum atomic E-state index is 0. The van der Waals surface area contributed by atoms with Crippen LogP contribution in [0.3, 0.4) is 0 Å². The number of fused-ring (bicyclic) bond motifs is 1. The third-order valence-corrected chi connectivity index (χ3v) is 5.61. The van der Waals surface area contributed by atoms with Gasteiger partial charge in [0.1, 0.15) is 5.82 Å². The molecule has 0 aliphatic carbocycles. The van der Waals surface area contributed by atoms with Gasteiger partial charge in [-0.15, -0.1) is 24.0 Å². The molecule has 2 aromatic carbocycles. The standard InChI is InChI=1S/C24H29N5.HI/c1-18-10-11-23(26-16-18)29-14-12-21(13-15-29)28-24(25-2)27-17-20-8-5-7-19-6-3-4-9-22(19)20;/h3-11,16,21H,12-15,17H2,1-2H3,(H2,25,27,28);1H. The van der Waals surface area contributed by atoms with Crippen LogP contribution in [0.5, 0.6) is 0 Å². The van der Waals surface area contributed by atoms with Crippen LogP contribution >= 0.6 is 24.0 Å². The molecular weight excluding hydrogens is 485 g/mol. The Labute approximate surface area is 196 Å². The molecule has 1 aliphatic rings. The Hall–Kier alpha value is -2.35. The van der Waals surface area contributed by atoms with Gasteiger partial charge in [0.05, 0.1) is 0 Å². The van der Waals surface area contributed by atoms with Gasteiger partial charge in [-0.1, -0.05) is 48.5 Å². The van der Waals surface area contributed by atoms with E-state index < -0.39 is 0 Å². The van der Waals surface area contributed by atoms with Crippen molar-refractivity contribution in [3.63, 3.8) is 0 Å². The van der Waals surface area contributed by atoms with Crippen molar-refractivity contribution in [2.24, 2.45) is 4.99 Å². The number of halogens is 1. The second-order valence-corrected chi connectivity index (χ2v) is 7.66. The maximum Gasteiger partial charge on any atom is 0.191 e. The molecule has 1 fully saturated rings. The van der Waals surface area contributed by atoms with Gasteiger partial charge >= 0.3 is 0 Å². The van der Waals surface area contributed by atoms with Gasteiger partial charge in [-0.05, 0) is 47.7 Å². The number of aromatic nitrogens is 1. The zero-order valence-corrected chi connectivity index (χ0v) is 20.0. The number of benzene rings is 2. The molecule has 0 atom stereocenters. The molecule has 0 unspecified atom stereocenters. The highest BCUT2D eigenvalue weighted by molar-refractivity contribution is 14.0. The molecule has 0 spiro atoms. The minimum Gasteiger partial charge on any atom is -0.356 e. The van der Waals surface area contributed by atoms with Gasteiger partial charge in [0.15, 0.2) is 5.96 Å². The Kier molecular flexibility index (Phi) is 7.90. The van der Waals surface area contributed by atoms with Gasteiger partial charge in [0.2, 0.25) is 0 Å². The van der Waals surface area contributed by atoms with Crippen LogP contribution in [0.1, 0.15) is 24.0 Å². The number of nitrogens with one attached hydrogen (secondary N) is 2.